The first-order valence-corrected chi connectivity index (χ1v) is 8.00. The molecule has 0 unspecified atom stereocenters. The lowest BCUT2D eigenvalue weighted by Gasteiger charge is -2.31. The number of alkyl halides is 3. The highest BCUT2D eigenvalue weighted by Gasteiger charge is 2.31. The van der Waals surface area contributed by atoms with E-state index in [1.165, 1.54) is 18.2 Å². The van der Waals surface area contributed by atoms with Crippen LogP contribution in [0.1, 0.15) is 25.3 Å². The van der Waals surface area contributed by atoms with Gasteiger partial charge in [0.1, 0.15) is 5.75 Å². The van der Waals surface area contributed by atoms with E-state index in [-0.39, 0.29) is 12.3 Å². The standard InChI is InChI=1S/C16H20F3N3O3/c1-2-7-20-15(24)21-14(23)10-22-8-3-4-11-9-12(5-6-13(11)22)25-16(17,18)19/h5-6,9H,2-4,7-8,10H2,1H3,(H2,20,21,23,24). The Labute approximate surface area is 143 Å². The first-order valence-electron chi connectivity index (χ1n) is 8.00. The van der Waals surface area contributed by atoms with Crippen LogP contribution in [0.5, 0.6) is 5.75 Å². The summed E-state index contributed by atoms with van der Waals surface area (Å²) in [5.74, 6) is -0.756. The van der Waals surface area contributed by atoms with E-state index in [0.29, 0.717) is 37.2 Å². The number of anilines is 1. The SMILES string of the molecule is CCCNC(=O)NC(=O)CN1CCCc2cc(OC(F)(F)F)ccc21. The molecule has 1 heterocycles. The molecule has 0 atom stereocenters. The van der Waals surface area contributed by atoms with Crippen molar-refractivity contribution >= 4 is 17.6 Å². The number of carbonyl (C=O) groups is 2. The van der Waals surface area contributed by atoms with E-state index in [1.807, 2.05) is 6.92 Å². The Morgan fingerprint density at radius 2 is 2.08 bits per heavy atom. The molecule has 0 aliphatic carbocycles. The van der Waals surface area contributed by atoms with Crippen molar-refractivity contribution in [3.8, 4) is 5.75 Å². The molecule has 0 saturated heterocycles. The van der Waals surface area contributed by atoms with Gasteiger partial charge in [0.15, 0.2) is 0 Å². The van der Waals surface area contributed by atoms with E-state index < -0.39 is 18.3 Å². The molecule has 2 N–H and O–H groups in total. The van der Waals surface area contributed by atoms with Crippen molar-refractivity contribution in [2.45, 2.75) is 32.5 Å². The number of aryl methyl sites for hydroxylation is 1. The second-order valence-corrected chi connectivity index (χ2v) is 5.67. The third-order valence-electron chi connectivity index (χ3n) is 3.62. The number of carbonyl (C=O) groups excluding carboxylic acids is 2. The lowest BCUT2D eigenvalue weighted by molar-refractivity contribution is -0.274. The average Bonchev–Trinajstić information content (AvgIpc) is 2.51. The fourth-order valence-corrected chi connectivity index (χ4v) is 2.64. The smallest absolute Gasteiger partial charge is 0.406 e. The number of nitrogens with zero attached hydrogens (tertiary/aromatic N) is 1. The van der Waals surface area contributed by atoms with Crippen LogP contribution in [0.15, 0.2) is 18.2 Å². The van der Waals surface area contributed by atoms with Gasteiger partial charge in [-0.2, -0.15) is 0 Å². The van der Waals surface area contributed by atoms with Crippen molar-refractivity contribution in [3.63, 3.8) is 0 Å². The summed E-state index contributed by atoms with van der Waals surface area (Å²) in [5.41, 5.74) is 1.35. The van der Waals surface area contributed by atoms with Crippen LogP contribution in [0.25, 0.3) is 0 Å². The maximum Gasteiger partial charge on any atom is 0.573 e. The third-order valence-corrected chi connectivity index (χ3v) is 3.62. The van der Waals surface area contributed by atoms with E-state index in [2.05, 4.69) is 15.4 Å². The number of hydrogen-bond donors (Lipinski definition) is 2. The van der Waals surface area contributed by atoms with Gasteiger partial charge < -0.3 is 15.0 Å². The average molecular weight is 359 g/mol. The summed E-state index contributed by atoms with van der Waals surface area (Å²) >= 11 is 0. The van der Waals surface area contributed by atoms with Crippen LogP contribution < -0.4 is 20.3 Å². The number of ether oxygens (including phenoxy) is 1. The van der Waals surface area contributed by atoms with Crippen LogP contribution in [-0.4, -0.2) is 37.9 Å². The van der Waals surface area contributed by atoms with Gasteiger partial charge in [-0.05, 0) is 43.0 Å². The summed E-state index contributed by atoms with van der Waals surface area (Å²) in [6, 6.07) is 3.50. The van der Waals surface area contributed by atoms with Gasteiger partial charge in [0.25, 0.3) is 0 Å². The fraction of sp³-hybridized carbons (Fsp3) is 0.500. The van der Waals surface area contributed by atoms with Crippen LogP contribution in [0, 0.1) is 0 Å². The lowest BCUT2D eigenvalue weighted by Crippen LogP contribution is -2.45. The molecule has 25 heavy (non-hydrogen) atoms. The molecule has 1 aromatic carbocycles. The summed E-state index contributed by atoms with van der Waals surface area (Å²) in [6.45, 7) is 2.89. The monoisotopic (exact) mass is 359 g/mol. The molecule has 0 radical (unpaired) electrons. The van der Waals surface area contributed by atoms with Gasteiger partial charge in [-0.15, -0.1) is 13.2 Å². The number of benzene rings is 1. The van der Waals surface area contributed by atoms with Gasteiger partial charge in [0.2, 0.25) is 5.91 Å². The summed E-state index contributed by atoms with van der Waals surface area (Å²) in [4.78, 5) is 25.2. The highest BCUT2D eigenvalue weighted by Crippen LogP contribution is 2.32. The number of nitrogens with one attached hydrogen (secondary N) is 2. The molecule has 0 aromatic heterocycles. The second kappa shape index (κ2) is 8.09. The number of halogens is 3. The van der Waals surface area contributed by atoms with E-state index in [4.69, 9.17) is 0 Å². The van der Waals surface area contributed by atoms with Crippen LogP contribution in [0.4, 0.5) is 23.7 Å². The summed E-state index contributed by atoms with van der Waals surface area (Å²) in [6.07, 6.45) is -2.70. The van der Waals surface area contributed by atoms with E-state index in [0.717, 1.165) is 6.42 Å². The van der Waals surface area contributed by atoms with Crippen LogP contribution >= 0.6 is 0 Å². The van der Waals surface area contributed by atoms with Gasteiger partial charge in [0.05, 0.1) is 6.54 Å². The summed E-state index contributed by atoms with van der Waals surface area (Å²) < 4.78 is 40.8. The minimum absolute atomic E-state index is 0.0496. The first-order chi connectivity index (χ1) is 11.8. The molecule has 1 aliphatic rings. The van der Waals surface area contributed by atoms with E-state index >= 15 is 0 Å². The molecule has 0 saturated carbocycles. The van der Waals surface area contributed by atoms with Crippen molar-refractivity contribution in [1.29, 1.82) is 0 Å². The molecule has 2 rings (SSSR count). The van der Waals surface area contributed by atoms with Crippen molar-refractivity contribution in [2.24, 2.45) is 0 Å². The lowest BCUT2D eigenvalue weighted by atomic mass is 10.0. The van der Waals surface area contributed by atoms with E-state index in [1.54, 1.807) is 4.90 Å². The van der Waals surface area contributed by atoms with Crippen LogP contribution in [-0.2, 0) is 11.2 Å². The molecule has 0 spiro atoms. The fourth-order valence-electron chi connectivity index (χ4n) is 2.64. The molecule has 138 valence electrons. The number of imide groups is 1. The van der Waals surface area contributed by atoms with Crippen LogP contribution in [0.3, 0.4) is 0 Å². The summed E-state index contributed by atoms with van der Waals surface area (Å²) in [7, 11) is 0. The van der Waals surface area contributed by atoms with Gasteiger partial charge in [-0.1, -0.05) is 6.92 Å². The Hall–Kier alpha value is -2.45. The summed E-state index contributed by atoms with van der Waals surface area (Å²) in [5, 5.41) is 4.77. The number of urea groups is 1. The quantitative estimate of drug-likeness (QED) is 0.848. The van der Waals surface area contributed by atoms with Gasteiger partial charge >= 0.3 is 12.4 Å². The Kier molecular flexibility index (Phi) is 6.11. The zero-order valence-electron chi connectivity index (χ0n) is 13.8. The normalized spacial score (nSPS) is 13.8. The molecule has 0 bridgehead atoms. The minimum atomic E-state index is -4.74. The Balaban J connectivity index is 2.01. The van der Waals surface area contributed by atoms with Crippen LogP contribution in [0.2, 0.25) is 0 Å². The van der Waals surface area contributed by atoms with Gasteiger partial charge in [-0.3, -0.25) is 10.1 Å². The number of fused-ring (bicyclic) bond motifs is 1. The Morgan fingerprint density at radius 3 is 2.76 bits per heavy atom. The molecule has 6 nitrogen and oxygen atoms in total. The second-order valence-electron chi connectivity index (χ2n) is 5.67. The Morgan fingerprint density at radius 1 is 1.32 bits per heavy atom. The largest absolute Gasteiger partial charge is 0.573 e. The van der Waals surface area contributed by atoms with Gasteiger partial charge in [0, 0.05) is 18.8 Å². The van der Waals surface area contributed by atoms with Crippen molar-refractivity contribution < 1.29 is 27.5 Å². The zero-order valence-corrected chi connectivity index (χ0v) is 13.8. The molecule has 0 fully saturated rings. The molecule has 9 heteroatoms. The Bertz CT molecular complexity index is 635. The van der Waals surface area contributed by atoms with Gasteiger partial charge in [-0.25, -0.2) is 4.79 Å². The van der Waals surface area contributed by atoms with E-state index in [9.17, 15) is 22.8 Å². The maximum absolute atomic E-state index is 12.3. The zero-order chi connectivity index (χ0) is 18.4. The highest BCUT2D eigenvalue weighted by atomic mass is 19.4. The topological polar surface area (TPSA) is 70.7 Å². The number of amides is 3. The molecular formula is C16H20F3N3O3. The predicted molar refractivity (Wildman–Crippen MR) is 85.5 cm³/mol. The van der Waals surface area contributed by atoms with Crippen molar-refractivity contribution in [3.05, 3.63) is 23.8 Å². The number of hydrogen-bond acceptors (Lipinski definition) is 4. The van der Waals surface area contributed by atoms with Crippen molar-refractivity contribution in [1.82, 2.24) is 10.6 Å². The maximum atomic E-state index is 12.3. The minimum Gasteiger partial charge on any atom is -0.406 e. The number of rotatable bonds is 5. The third kappa shape index (κ3) is 5.84. The predicted octanol–water partition coefficient (Wildman–Crippen LogP) is 2.57. The highest BCUT2D eigenvalue weighted by molar-refractivity contribution is 5.96. The molecular weight excluding hydrogens is 339 g/mol. The molecule has 1 aliphatic heterocycles. The van der Waals surface area contributed by atoms with Crippen molar-refractivity contribution in [2.75, 3.05) is 24.5 Å². The first kappa shape index (κ1) is 18.9. The molecule has 3 amide bonds. The molecule has 1 aromatic rings.